The maximum atomic E-state index is 12.5. The number of halogens is 3. The molecule has 1 fully saturated rings. The van der Waals surface area contributed by atoms with E-state index >= 15 is 0 Å². The molecule has 6 heteroatoms. The third kappa shape index (κ3) is 2.24. The third-order valence-corrected chi connectivity index (χ3v) is 2.77. The van der Waals surface area contributed by atoms with Gasteiger partial charge in [0.05, 0.1) is 11.9 Å². The fraction of sp³-hybridized carbons (Fsp3) is 0.444. The van der Waals surface area contributed by atoms with Gasteiger partial charge in [0, 0.05) is 12.7 Å². The fourth-order valence-electron chi connectivity index (χ4n) is 1.87. The summed E-state index contributed by atoms with van der Waals surface area (Å²) in [4.78, 5) is 5.64. The van der Waals surface area contributed by atoms with Gasteiger partial charge in [-0.15, -0.1) is 0 Å². The minimum absolute atomic E-state index is 0.0786. The number of rotatable bonds is 2. The van der Waals surface area contributed by atoms with E-state index in [0.29, 0.717) is 6.54 Å². The Balaban J connectivity index is 2.05. The van der Waals surface area contributed by atoms with Gasteiger partial charge in [-0.2, -0.15) is 0 Å². The highest BCUT2D eigenvalue weighted by Gasteiger charge is 2.39. The number of anilines is 1. The van der Waals surface area contributed by atoms with Crippen molar-refractivity contribution >= 4 is 12.7 Å². The van der Waals surface area contributed by atoms with E-state index in [0.717, 1.165) is 5.69 Å². The average Bonchev–Trinajstić information content (AvgIpc) is 2.67. The van der Waals surface area contributed by atoms with Gasteiger partial charge in [0.25, 0.3) is 0 Å². The van der Waals surface area contributed by atoms with Gasteiger partial charge in [0.2, 0.25) is 0 Å². The van der Waals surface area contributed by atoms with E-state index in [9.17, 15) is 12.9 Å². The summed E-state index contributed by atoms with van der Waals surface area (Å²) < 4.78 is 37.4. The van der Waals surface area contributed by atoms with Crippen molar-refractivity contribution in [3.63, 3.8) is 0 Å². The molecule has 2 nitrogen and oxygen atoms in total. The second-order valence-corrected chi connectivity index (χ2v) is 3.83. The van der Waals surface area contributed by atoms with Gasteiger partial charge in [0.1, 0.15) is 0 Å². The molecule has 1 saturated heterocycles. The molecule has 0 amide bonds. The van der Waals surface area contributed by atoms with E-state index in [1.54, 1.807) is 29.4 Å². The summed E-state index contributed by atoms with van der Waals surface area (Å²) >= 11 is 0. The van der Waals surface area contributed by atoms with Crippen LogP contribution in [0.3, 0.4) is 0 Å². The Morgan fingerprint density at radius 1 is 1.40 bits per heavy atom. The van der Waals surface area contributed by atoms with E-state index in [1.165, 1.54) is 0 Å². The third-order valence-electron chi connectivity index (χ3n) is 2.77. The molecule has 0 N–H and O–H groups in total. The maximum Gasteiger partial charge on any atom is 0.483 e. The summed E-state index contributed by atoms with van der Waals surface area (Å²) in [6.45, 7) is -4.15. The Kier molecular flexibility index (Phi) is 2.58. The number of hydrogen-bond acceptors (Lipinski definition) is 2. The van der Waals surface area contributed by atoms with E-state index < -0.39 is 12.8 Å². The zero-order chi connectivity index (χ0) is 10.9. The van der Waals surface area contributed by atoms with Crippen molar-refractivity contribution in [3.8, 4) is 0 Å². The van der Waals surface area contributed by atoms with Gasteiger partial charge in [-0.05, 0) is 18.7 Å². The quantitative estimate of drug-likeness (QED) is 0.704. The monoisotopic (exact) mass is 215 g/mol. The molecule has 1 atom stereocenters. The predicted molar refractivity (Wildman–Crippen MR) is 53.9 cm³/mol. The predicted octanol–water partition coefficient (Wildman–Crippen LogP) is 2.51. The van der Waals surface area contributed by atoms with E-state index in [1.807, 2.05) is 0 Å². The molecule has 0 aromatic carbocycles. The Morgan fingerprint density at radius 3 is 2.73 bits per heavy atom. The van der Waals surface area contributed by atoms with Crippen LogP contribution in [0.4, 0.5) is 18.6 Å². The number of nitrogens with zero attached hydrogens (tertiary/aromatic N) is 2. The molecule has 0 radical (unpaired) electrons. The topological polar surface area (TPSA) is 16.1 Å². The molecule has 1 aliphatic heterocycles. The minimum Gasteiger partial charge on any atom is -0.449 e. The molecule has 82 valence electrons. The van der Waals surface area contributed by atoms with Crippen LogP contribution in [0.1, 0.15) is 6.42 Å². The summed E-state index contributed by atoms with van der Waals surface area (Å²) in [5, 5.41) is 0. The largest absolute Gasteiger partial charge is 0.483 e. The van der Waals surface area contributed by atoms with Crippen LogP contribution in [0.5, 0.6) is 0 Å². The molecule has 0 bridgehead atoms. The van der Waals surface area contributed by atoms with Crippen LogP contribution in [0.2, 0.25) is 5.82 Å². The van der Waals surface area contributed by atoms with Crippen molar-refractivity contribution in [2.75, 3.05) is 18.0 Å². The van der Waals surface area contributed by atoms with Gasteiger partial charge >= 0.3 is 6.98 Å². The molecule has 1 aromatic rings. The highest BCUT2D eigenvalue weighted by atomic mass is 19.4. The van der Waals surface area contributed by atoms with Crippen LogP contribution in [-0.4, -0.2) is 25.1 Å². The van der Waals surface area contributed by atoms with Crippen LogP contribution in [0, 0.1) is 0 Å². The van der Waals surface area contributed by atoms with Gasteiger partial charge in [0.15, 0.2) is 0 Å². The lowest BCUT2D eigenvalue weighted by molar-refractivity contribution is 0.439. The fourth-order valence-corrected chi connectivity index (χ4v) is 1.87. The second-order valence-electron chi connectivity index (χ2n) is 3.83. The molecule has 0 spiro atoms. The van der Waals surface area contributed by atoms with Crippen LogP contribution < -0.4 is 4.90 Å². The van der Waals surface area contributed by atoms with Crippen molar-refractivity contribution < 1.29 is 12.9 Å². The van der Waals surface area contributed by atoms with Gasteiger partial charge in [-0.1, -0.05) is 12.2 Å². The lowest BCUT2D eigenvalue weighted by Crippen LogP contribution is -2.27. The molecule has 2 rings (SSSR count). The number of pyridine rings is 1. The Bertz CT molecular complexity index is 328. The summed E-state index contributed by atoms with van der Waals surface area (Å²) in [5.74, 6) is -1.13. The van der Waals surface area contributed by atoms with E-state index in [4.69, 9.17) is 0 Å². The zero-order valence-electron chi connectivity index (χ0n) is 8.11. The first-order valence-electron chi connectivity index (χ1n) is 4.92. The van der Waals surface area contributed by atoms with Crippen molar-refractivity contribution in [1.29, 1.82) is 0 Å². The molecule has 1 aliphatic rings. The smallest absolute Gasteiger partial charge is 0.449 e. The second kappa shape index (κ2) is 3.75. The lowest BCUT2D eigenvalue weighted by atomic mass is 9.72. The number of aromatic nitrogens is 1. The van der Waals surface area contributed by atoms with E-state index in [2.05, 4.69) is 4.98 Å². The SMILES string of the molecule is F[B-](F)(F)C1CCN(c2cccnc2)C1. The Morgan fingerprint density at radius 2 is 2.20 bits per heavy atom. The minimum atomic E-state index is -4.70. The molecule has 1 unspecified atom stereocenters. The molecule has 0 saturated carbocycles. The first-order valence-corrected chi connectivity index (χ1v) is 4.92. The van der Waals surface area contributed by atoms with Crippen LogP contribution in [0.15, 0.2) is 24.5 Å². The summed E-state index contributed by atoms with van der Waals surface area (Å²) in [5.41, 5.74) is 0.778. The summed E-state index contributed by atoms with van der Waals surface area (Å²) in [7, 11) is 0. The molecular formula is C9H11BF3N2-. The molecule has 15 heavy (non-hydrogen) atoms. The Hall–Kier alpha value is -1.20. The molecule has 1 aromatic heterocycles. The lowest BCUT2D eigenvalue weighted by Gasteiger charge is -2.23. The average molecular weight is 215 g/mol. The summed E-state index contributed by atoms with van der Waals surface area (Å²) in [6, 6.07) is 3.53. The Labute approximate surface area is 86.2 Å². The van der Waals surface area contributed by atoms with Crippen molar-refractivity contribution in [3.05, 3.63) is 24.5 Å². The van der Waals surface area contributed by atoms with Gasteiger partial charge in [-0.3, -0.25) is 4.98 Å². The van der Waals surface area contributed by atoms with Gasteiger partial charge in [-0.25, -0.2) is 0 Å². The standard InChI is InChI=1S/C9H11BF3N2/c11-10(12,13)8-3-5-15(7-8)9-2-1-4-14-6-9/h1-2,4,6,8H,3,5,7H2/q-1. The van der Waals surface area contributed by atoms with Crippen LogP contribution in [0.25, 0.3) is 0 Å². The molecule has 2 heterocycles. The van der Waals surface area contributed by atoms with Crippen LogP contribution >= 0.6 is 0 Å². The highest BCUT2D eigenvalue weighted by Crippen LogP contribution is 2.36. The van der Waals surface area contributed by atoms with E-state index in [-0.39, 0.29) is 13.0 Å². The molecular weight excluding hydrogens is 204 g/mol. The summed E-state index contributed by atoms with van der Waals surface area (Å²) in [6.07, 6.45) is 3.43. The maximum absolute atomic E-state index is 12.5. The first kappa shape index (κ1) is 10.3. The zero-order valence-corrected chi connectivity index (χ0v) is 8.11. The van der Waals surface area contributed by atoms with Crippen LogP contribution in [-0.2, 0) is 0 Å². The highest BCUT2D eigenvalue weighted by molar-refractivity contribution is 6.60. The normalized spacial score (nSPS) is 22.1. The van der Waals surface area contributed by atoms with Gasteiger partial charge < -0.3 is 17.8 Å². The number of hydrogen-bond donors (Lipinski definition) is 0. The van der Waals surface area contributed by atoms with Crippen molar-refractivity contribution in [2.45, 2.75) is 12.2 Å². The van der Waals surface area contributed by atoms with Crippen molar-refractivity contribution in [2.24, 2.45) is 0 Å². The molecule has 0 aliphatic carbocycles. The first-order chi connectivity index (χ1) is 7.07. The van der Waals surface area contributed by atoms with Crippen molar-refractivity contribution in [1.82, 2.24) is 4.98 Å².